The number of hydrogen-bond donors (Lipinski definition) is 1. The molecule has 0 saturated carbocycles. The quantitative estimate of drug-likeness (QED) is 0.790. The molecule has 3 aromatic rings. The zero-order valence-corrected chi connectivity index (χ0v) is 10.9. The number of pyridine rings is 1. The topological polar surface area (TPSA) is 72.0 Å². The number of phenolic OH excluding ortho intramolecular Hbond substituents is 1. The minimum Gasteiger partial charge on any atom is -0.507 e. The van der Waals surface area contributed by atoms with E-state index in [0.29, 0.717) is 23.7 Å². The van der Waals surface area contributed by atoms with Crippen molar-refractivity contribution >= 4 is 0 Å². The Morgan fingerprint density at radius 3 is 2.75 bits per heavy atom. The average molecular weight is 267 g/mol. The van der Waals surface area contributed by atoms with Crippen molar-refractivity contribution in [3.63, 3.8) is 0 Å². The maximum atomic E-state index is 9.85. The summed E-state index contributed by atoms with van der Waals surface area (Å²) in [7, 11) is 0. The monoisotopic (exact) mass is 267 g/mol. The molecule has 0 aliphatic carbocycles. The summed E-state index contributed by atoms with van der Waals surface area (Å²) in [4.78, 5) is 8.28. The number of aromatic hydroxyl groups is 1. The molecule has 1 N–H and O–H groups in total. The van der Waals surface area contributed by atoms with Gasteiger partial charge >= 0.3 is 0 Å². The Bertz CT molecular complexity index is 723. The molecule has 3 rings (SSSR count). The van der Waals surface area contributed by atoms with E-state index in [0.717, 1.165) is 11.1 Å². The summed E-state index contributed by atoms with van der Waals surface area (Å²) in [6.45, 7) is 1.94. The highest BCUT2D eigenvalue weighted by Gasteiger charge is 2.13. The second-order valence-corrected chi connectivity index (χ2v) is 4.57. The van der Waals surface area contributed by atoms with Gasteiger partial charge in [-0.05, 0) is 36.8 Å². The van der Waals surface area contributed by atoms with Crippen molar-refractivity contribution < 1.29 is 9.63 Å². The molecule has 0 atom stereocenters. The molecule has 1 aromatic carbocycles. The SMILES string of the molecule is Cc1ccc(O)c(-c2nc(Cc3ccncc3)no2)c1. The lowest BCUT2D eigenvalue weighted by Crippen LogP contribution is -1.91. The molecule has 0 bridgehead atoms. The van der Waals surface area contributed by atoms with Crippen LogP contribution in [0.25, 0.3) is 11.5 Å². The Kier molecular flexibility index (Phi) is 3.16. The van der Waals surface area contributed by atoms with Crippen LogP contribution in [0.15, 0.2) is 47.2 Å². The van der Waals surface area contributed by atoms with Crippen molar-refractivity contribution in [3.05, 3.63) is 59.7 Å². The molecule has 0 amide bonds. The number of benzene rings is 1. The van der Waals surface area contributed by atoms with E-state index in [1.807, 2.05) is 31.2 Å². The summed E-state index contributed by atoms with van der Waals surface area (Å²) in [6, 6.07) is 9.07. The van der Waals surface area contributed by atoms with E-state index in [2.05, 4.69) is 15.1 Å². The maximum Gasteiger partial charge on any atom is 0.261 e. The van der Waals surface area contributed by atoms with Crippen molar-refractivity contribution in [2.45, 2.75) is 13.3 Å². The number of aryl methyl sites for hydroxylation is 1. The van der Waals surface area contributed by atoms with Crippen molar-refractivity contribution in [2.75, 3.05) is 0 Å². The summed E-state index contributed by atoms with van der Waals surface area (Å²) in [6.07, 6.45) is 4.02. The van der Waals surface area contributed by atoms with Gasteiger partial charge in [-0.2, -0.15) is 4.98 Å². The first kappa shape index (κ1) is 12.3. The number of nitrogens with zero attached hydrogens (tertiary/aromatic N) is 3. The number of aromatic nitrogens is 3. The lowest BCUT2D eigenvalue weighted by molar-refractivity contribution is 0.418. The van der Waals surface area contributed by atoms with E-state index in [1.165, 1.54) is 0 Å². The van der Waals surface area contributed by atoms with E-state index >= 15 is 0 Å². The first-order valence-electron chi connectivity index (χ1n) is 6.24. The van der Waals surface area contributed by atoms with Gasteiger partial charge in [0, 0.05) is 18.8 Å². The standard InChI is InChI=1S/C15H13N3O2/c1-10-2-3-13(19)12(8-10)15-17-14(18-20-15)9-11-4-6-16-7-5-11/h2-8,19H,9H2,1H3. The van der Waals surface area contributed by atoms with Crippen LogP contribution in [0.3, 0.4) is 0 Å². The van der Waals surface area contributed by atoms with Gasteiger partial charge in [0.25, 0.3) is 5.89 Å². The van der Waals surface area contributed by atoms with Gasteiger partial charge in [-0.15, -0.1) is 0 Å². The van der Waals surface area contributed by atoms with Crippen LogP contribution in [0.5, 0.6) is 5.75 Å². The number of phenols is 1. The highest BCUT2D eigenvalue weighted by atomic mass is 16.5. The second kappa shape index (κ2) is 5.13. The number of rotatable bonds is 3. The van der Waals surface area contributed by atoms with Crippen LogP contribution < -0.4 is 0 Å². The molecular weight excluding hydrogens is 254 g/mol. The van der Waals surface area contributed by atoms with Crippen LogP contribution in [-0.2, 0) is 6.42 Å². The van der Waals surface area contributed by atoms with Crippen LogP contribution in [0, 0.1) is 6.92 Å². The summed E-state index contributed by atoms with van der Waals surface area (Å²) in [5.41, 5.74) is 2.63. The maximum absolute atomic E-state index is 9.85. The van der Waals surface area contributed by atoms with E-state index in [-0.39, 0.29) is 5.75 Å². The first-order chi connectivity index (χ1) is 9.72. The highest BCUT2D eigenvalue weighted by molar-refractivity contribution is 5.63. The van der Waals surface area contributed by atoms with Gasteiger partial charge in [0.1, 0.15) is 5.75 Å². The predicted molar refractivity (Wildman–Crippen MR) is 73.2 cm³/mol. The smallest absolute Gasteiger partial charge is 0.261 e. The molecule has 2 heterocycles. The summed E-state index contributed by atoms with van der Waals surface area (Å²) in [5.74, 6) is 1.04. The Morgan fingerprint density at radius 1 is 1.15 bits per heavy atom. The third-order valence-electron chi connectivity index (χ3n) is 2.96. The minimum atomic E-state index is 0.134. The minimum absolute atomic E-state index is 0.134. The molecule has 20 heavy (non-hydrogen) atoms. The molecule has 2 aromatic heterocycles. The molecule has 100 valence electrons. The zero-order valence-electron chi connectivity index (χ0n) is 10.9. The van der Waals surface area contributed by atoms with Gasteiger partial charge in [0.2, 0.25) is 0 Å². The first-order valence-corrected chi connectivity index (χ1v) is 6.24. The predicted octanol–water partition coefficient (Wildman–Crippen LogP) is 2.74. The summed E-state index contributed by atoms with van der Waals surface area (Å²) < 4.78 is 5.22. The molecule has 0 aliphatic rings. The average Bonchev–Trinajstić information content (AvgIpc) is 2.91. The molecule has 0 spiro atoms. The lowest BCUT2D eigenvalue weighted by atomic mass is 10.1. The van der Waals surface area contributed by atoms with Gasteiger partial charge in [-0.3, -0.25) is 4.98 Å². The molecule has 5 heteroatoms. The van der Waals surface area contributed by atoms with E-state index < -0.39 is 0 Å². The van der Waals surface area contributed by atoms with Crippen LogP contribution >= 0.6 is 0 Å². The molecular formula is C15H13N3O2. The fourth-order valence-electron chi connectivity index (χ4n) is 1.94. The molecule has 0 aliphatic heterocycles. The zero-order chi connectivity index (χ0) is 13.9. The Balaban J connectivity index is 1.88. The Morgan fingerprint density at radius 2 is 1.95 bits per heavy atom. The van der Waals surface area contributed by atoms with Crippen molar-refractivity contribution in [1.29, 1.82) is 0 Å². The fourth-order valence-corrected chi connectivity index (χ4v) is 1.94. The van der Waals surface area contributed by atoms with Crippen molar-refractivity contribution in [1.82, 2.24) is 15.1 Å². The van der Waals surface area contributed by atoms with Gasteiger partial charge in [0.15, 0.2) is 5.82 Å². The van der Waals surface area contributed by atoms with Gasteiger partial charge < -0.3 is 9.63 Å². The highest BCUT2D eigenvalue weighted by Crippen LogP contribution is 2.28. The third kappa shape index (κ3) is 2.51. The Hall–Kier alpha value is -2.69. The van der Waals surface area contributed by atoms with Gasteiger partial charge in [-0.25, -0.2) is 0 Å². The van der Waals surface area contributed by atoms with Crippen molar-refractivity contribution in [2.24, 2.45) is 0 Å². The van der Waals surface area contributed by atoms with Crippen LogP contribution in [0.2, 0.25) is 0 Å². The molecule has 5 nitrogen and oxygen atoms in total. The van der Waals surface area contributed by atoms with Crippen LogP contribution in [0.1, 0.15) is 17.0 Å². The molecule has 0 fully saturated rings. The Labute approximate surface area is 115 Å². The third-order valence-corrected chi connectivity index (χ3v) is 2.96. The summed E-state index contributed by atoms with van der Waals surface area (Å²) in [5, 5.41) is 13.8. The number of hydrogen-bond acceptors (Lipinski definition) is 5. The van der Waals surface area contributed by atoms with E-state index in [4.69, 9.17) is 4.52 Å². The van der Waals surface area contributed by atoms with Crippen molar-refractivity contribution in [3.8, 4) is 17.2 Å². The largest absolute Gasteiger partial charge is 0.507 e. The van der Waals surface area contributed by atoms with E-state index in [9.17, 15) is 5.11 Å². The molecule has 0 unspecified atom stereocenters. The molecule has 0 saturated heterocycles. The van der Waals surface area contributed by atoms with E-state index in [1.54, 1.807) is 18.5 Å². The second-order valence-electron chi connectivity index (χ2n) is 4.57. The molecule has 0 radical (unpaired) electrons. The van der Waals surface area contributed by atoms with Crippen LogP contribution in [0.4, 0.5) is 0 Å². The lowest BCUT2D eigenvalue weighted by Gasteiger charge is -2.00. The van der Waals surface area contributed by atoms with Crippen LogP contribution in [-0.4, -0.2) is 20.2 Å². The normalized spacial score (nSPS) is 10.7. The summed E-state index contributed by atoms with van der Waals surface area (Å²) >= 11 is 0. The van der Waals surface area contributed by atoms with Gasteiger partial charge in [0.05, 0.1) is 5.56 Å². The van der Waals surface area contributed by atoms with Gasteiger partial charge in [-0.1, -0.05) is 16.8 Å². The fraction of sp³-hybridized carbons (Fsp3) is 0.133.